The largest absolute Gasteiger partial charge is 0.312 e. The first-order valence-electron chi connectivity index (χ1n) is 8.50. The molecule has 0 spiro atoms. The summed E-state index contributed by atoms with van der Waals surface area (Å²) in [4.78, 5) is 2.56. The van der Waals surface area contributed by atoms with Crippen molar-refractivity contribution in [2.45, 2.75) is 66.0 Å². The van der Waals surface area contributed by atoms with E-state index in [2.05, 4.69) is 69.1 Å². The topological polar surface area (TPSA) is 15.3 Å². The van der Waals surface area contributed by atoms with Gasteiger partial charge in [-0.3, -0.25) is 4.90 Å². The predicted octanol–water partition coefficient (Wildman–Crippen LogP) is 4.24. The zero-order chi connectivity index (χ0) is 15.7. The van der Waals surface area contributed by atoms with E-state index in [1.807, 2.05) is 0 Å². The van der Waals surface area contributed by atoms with Gasteiger partial charge in [0.25, 0.3) is 0 Å². The monoisotopic (exact) mass is 290 g/mol. The van der Waals surface area contributed by atoms with E-state index >= 15 is 0 Å². The maximum atomic E-state index is 3.59. The summed E-state index contributed by atoms with van der Waals surface area (Å²) >= 11 is 0. The summed E-state index contributed by atoms with van der Waals surface area (Å²) in [6.07, 6.45) is 3.67. The van der Waals surface area contributed by atoms with Crippen molar-refractivity contribution in [3.8, 4) is 0 Å². The molecule has 0 atom stereocenters. The van der Waals surface area contributed by atoms with Crippen molar-refractivity contribution in [3.63, 3.8) is 0 Å². The van der Waals surface area contributed by atoms with Gasteiger partial charge in [0.15, 0.2) is 0 Å². The summed E-state index contributed by atoms with van der Waals surface area (Å²) < 4.78 is 0. The Morgan fingerprint density at radius 3 is 2.29 bits per heavy atom. The van der Waals surface area contributed by atoms with Crippen molar-refractivity contribution in [3.05, 3.63) is 35.4 Å². The molecule has 0 amide bonds. The van der Waals surface area contributed by atoms with Crippen LogP contribution in [0.25, 0.3) is 0 Å². The smallest absolute Gasteiger partial charge is 0.0236 e. The highest BCUT2D eigenvalue weighted by atomic mass is 15.1. The fraction of sp³-hybridized carbons (Fsp3) is 0.684. The SMILES string of the molecule is CCCCN(CC)Cc1ccccc1CCNC(C)(C)C. The zero-order valence-corrected chi connectivity index (χ0v) is 14.7. The third kappa shape index (κ3) is 7.63. The van der Waals surface area contributed by atoms with E-state index in [9.17, 15) is 0 Å². The van der Waals surface area contributed by atoms with Crippen LogP contribution in [0.1, 0.15) is 58.6 Å². The minimum atomic E-state index is 0.200. The van der Waals surface area contributed by atoms with E-state index in [0.717, 1.165) is 26.1 Å². The second kappa shape index (κ2) is 9.22. The molecule has 0 saturated heterocycles. The van der Waals surface area contributed by atoms with Gasteiger partial charge in [-0.25, -0.2) is 0 Å². The van der Waals surface area contributed by atoms with Crippen molar-refractivity contribution >= 4 is 0 Å². The van der Waals surface area contributed by atoms with Crippen LogP contribution in [-0.2, 0) is 13.0 Å². The maximum Gasteiger partial charge on any atom is 0.0236 e. The molecule has 0 aliphatic heterocycles. The molecule has 0 radical (unpaired) electrons. The quantitative estimate of drug-likeness (QED) is 0.732. The second-order valence-corrected chi connectivity index (χ2v) is 6.92. The highest BCUT2D eigenvalue weighted by Gasteiger charge is 2.10. The number of nitrogens with one attached hydrogen (secondary N) is 1. The van der Waals surface area contributed by atoms with Crippen LogP contribution in [0.5, 0.6) is 0 Å². The Morgan fingerprint density at radius 2 is 1.71 bits per heavy atom. The van der Waals surface area contributed by atoms with Crippen LogP contribution in [0, 0.1) is 0 Å². The molecular formula is C19H34N2. The standard InChI is InChI=1S/C19H34N2/c1-6-8-15-21(7-2)16-18-12-10-9-11-17(18)13-14-20-19(3,4)5/h9-12,20H,6-8,13-16H2,1-5H3. The summed E-state index contributed by atoms with van der Waals surface area (Å²) in [5.41, 5.74) is 3.18. The summed E-state index contributed by atoms with van der Waals surface area (Å²) in [5, 5.41) is 3.59. The molecule has 0 aliphatic rings. The van der Waals surface area contributed by atoms with Gasteiger partial charge in [0.2, 0.25) is 0 Å². The summed E-state index contributed by atoms with van der Waals surface area (Å²) in [5.74, 6) is 0. The Bertz CT molecular complexity index is 393. The molecule has 0 aliphatic carbocycles. The Kier molecular flexibility index (Phi) is 7.98. The van der Waals surface area contributed by atoms with Crippen LogP contribution in [-0.4, -0.2) is 30.1 Å². The van der Waals surface area contributed by atoms with Gasteiger partial charge in [-0.15, -0.1) is 0 Å². The van der Waals surface area contributed by atoms with Gasteiger partial charge in [0, 0.05) is 12.1 Å². The molecule has 120 valence electrons. The van der Waals surface area contributed by atoms with Gasteiger partial charge in [-0.05, 0) is 64.4 Å². The Balaban J connectivity index is 2.61. The fourth-order valence-electron chi connectivity index (χ4n) is 2.50. The first-order valence-corrected chi connectivity index (χ1v) is 8.50. The second-order valence-electron chi connectivity index (χ2n) is 6.92. The van der Waals surface area contributed by atoms with Crippen molar-refractivity contribution in [1.29, 1.82) is 0 Å². The Hall–Kier alpha value is -0.860. The number of benzene rings is 1. The highest BCUT2D eigenvalue weighted by molar-refractivity contribution is 5.27. The third-order valence-electron chi connectivity index (χ3n) is 3.84. The number of rotatable bonds is 9. The van der Waals surface area contributed by atoms with E-state index in [0.29, 0.717) is 0 Å². The summed E-state index contributed by atoms with van der Waals surface area (Å²) in [7, 11) is 0. The molecule has 0 saturated carbocycles. The molecule has 21 heavy (non-hydrogen) atoms. The molecule has 0 heterocycles. The van der Waals surface area contributed by atoms with Gasteiger partial charge in [-0.2, -0.15) is 0 Å². The van der Waals surface area contributed by atoms with Crippen molar-refractivity contribution in [1.82, 2.24) is 10.2 Å². The molecule has 1 N–H and O–H groups in total. The van der Waals surface area contributed by atoms with Gasteiger partial charge in [-0.1, -0.05) is 44.5 Å². The van der Waals surface area contributed by atoms with E-state index in [-0.39, 0.29) is 5.54 Å². The molecule has 1 rings (SSSR count). The average Bonchev–Trinajstić information content (AvgIpc) is 2.43. The number of hydrogen-bond acceptors (Lipinski definition) is 2. The molecule has 0 fully saturated rings. The normalized spacial score (nSPS) is 12.1. The molecule has 0 aromatic heterocycles. The highest BCUT2D eigenvalue weighted by Crippen LogP contribution is 2.13. The Morgan fingerprint density at radius 1 is 1.05 bits per heavy atom. The van der Waals surface area contributed by atoms with Crippen molar-refractivity contribution in [2.24, 2.45) is 0 Å². The van der Waals surface area contributed by atoms with Crippen LogP contribution < -0.4 is 5.32 Å². The van der Waals surface area contributed by atoms with Crippen LogP contribution in [0.2, 0.25) is 0 Å². The lowest BCUT2D eigenvalue weighted by atomic mass is 10.0. The summed E-state index contributed by atoms with van der Waals surface area (Å²) in [6, 6.07) is 8.91. The van der Waals surface area contributed by atoms with Crippen LogP contribution in [0.3, 0.4) is 0 Å². The van der Waals surface area contributed by atoms with Crippen molar-refractivity contribution < 1.29 is 0 Å². The van der Waals surface area contributed by atoms with Crippen LogP contribution in [0.15, 0.2) is 24.3 Å². The lowest BCUT2D eigenvalue weighted by Gasteiger charge is -2.23. The number of hydrogen-bond donors (Lipinski definition) is 1. The molecule has 1 aromatic carbocycles. The maximum absolute atomic E-state index is 3.59. The third-order valence-corrected chi connectivity index (χ3v) is 3.84. The zero-order valence-electron chi connectivity index (χ0n) is 14.7. The first-order chi connectivity index (χ1) is 9.96. The summed E-state index contributed by atoms with van der Waals surface area (Å²) in [6.45, 7) is 15.7. The number of unbranched alkanes of at least 4 members (excludes halogenated alkanes) is 1. The number of nitrogens with zero attached hydrogens (tertiary/aromatic N) is 1. The minimum Gasteiger partial charge on any atom is -0.312 e. The molecule has 0 bridgehead atoms. The van der Waals surface area contributed by atoms with Crippen LogP contribution >= 0.6 is 0 Å². The van der Waals surface area contributed by atoms with Gasteiger partial charge in [0.1, 0.15) is 0 Å². The van der Waals surface area contributed by atoms with E-state index in [1.165, 1.54) is 30.5 Å². The predicted molar refractivity (Wildman–Crippen MR) is 93.8 cm³/mol. The van der Waals surface area contributed by atoms with Gasteiger partial charge in [0.05, 0.1) is 0 Å². The van der Waals surface area contributed by atoms with E-state index < -0.39 is 0 Å². The van der Waals surface area contributed by atoms with E-state index in [4.69, 9.17) is 0 Å². The van der Waals surface area contributed by atoms with Crippen molar-refractivity contribution in [2.75, 3.05) is 19.6 Å². The van der Waals surface area contributed by atoms with Gasteiger partial charge < -0.3 is 5.32 Å². The van der Waals surface area contributed by atoms with E-state index in [1.54, 1.807) is 0 Å². The molecule has 2 heteroatoms. The Labute approximate surface area is 131 Å². The first kappa shape index (κ1) is 18.2. The lowest BCUT2D eigenvalue weighted by Crippen LogP contribution is -2.37. The lowest BCUT2D eigenvalue weighted by molar-refractivity contribution is 0.274. The molecule has 2 nitrogen and oxygen atoms in total. The molecule has 0 unspecified atom stereocenters. The van der Waals surface area contributed by atoms with Crippen LogP contribution in [0.4, 0.5) is 0 Å². The fourth-order valence-corrected chi connectivity index (χ4v) is 2.50. The molecular weight excluding hydrogens is 256 g/mol. The van der Waals surface area contributed by atoms with Gasteiger partial charge >= 0.3 is 0 Å². The average molecular weight is 290 g/mol. The minimum absolute atomic E-state index is 0.200. The molecule has 1 aromatic rings.